The first-order valence-corrected chi connectivity index (χ1v) is 7.54. The molecule has 1 amide bonds. The fourth-order valence-corrected chi connectivity index (χ4v) is 1.80. The van der Waals surface area contributed by atoms with Crippen LogP contribution in [0, 0.1) is 0 Å². The van der Waals surface area contributed by atoms with E-state index in [4.69, 9.17) is 9.47 Å². The van der Waals surface area contributed by atoms with E-state index < -0.39 is 5.60 Å². The molecule has 20 heavy (non-hydrogen) atoms. The molecule has 0 spiro atoms. The van der Waals surface area contributed by atoms with Crippen LogP contribution in [0.2, 0.25) is 0 Å². The molecule has 0 aromatic heterocycles. The number of hydrogen-bond donors (Lipinski definition) is 1. The van der Waals surface area contributed by atoms with E-state index in [-0.39, 0.29) is 6.09 Å². The number of amides is 1. The highest BCUT2D eigenvalue weighted by molar-refractivity contribution is 5.68. The molecule has 5 heteroatoms. The molecule has 120 valence electrons. The van der Waals surface area contributed by atoms with Crippen molar-refractivity contribution in [3.8, 4) is 0 Å². The van der Waals surface area contributed by atoms with Crippen molar-refractivity contribution in [2.75, 3.05) is 33.4 Å². The standard InChI is InChI=1S/C15H32N2O3/c1-7-13(12-19-6)16-10-9-11-17(8-2)14(18)20-15(3,4)5/h13,16H,7-12H2,1-6H3. The summed E-state index contributed by atoms with van der Waals surface area (Å²) in [5.41, 5.74) is -0.436. The number of nitrogens with one attached hydrogen (secondary N) is 1. The van der Waals surface area contributed by atoms with Gasteiger partial charge in [-0.1, -0.05) is 6.92 Å². The number of hydrogen-bond acceptors (Lipinski definition) is 4. The quantitative estimate of drug-likeness (QED) is 0.663. The number of nitrogens with zero attached hydrogens (tertiary/aromatic N) is 1. The topological polar surface area (TPSA) is 50.8 Å². The Morgan fingerprint density at radius 3 is 2.40 bits per heavy atom. The van der Waals surface area contributed by atoms with Gasteiger partial charge < -0.3 is 19.7 Å². The van der Waals surface area contributed by atoms with E-state index in [1.807, 2.05) is 27.7 Å². The number of rotatable bonds is 9. The summed E-state index contributed by atoms with van der Waals surface area (Å²) >= 11 is 0. The molecule has 1 N–H and O–H groups in total. The fourth-order valence-electron chi connectivity index (χ4n) is 1.80. The first-order chi connectivity index (χ1) is 9.34. The van der Waals surface area contributed by atoms with Crippen molar-refractivity contribution in [1.29, 1.82) is 0 Å². The lowest BCUT2D eigenvalue weighted by molar-refractivity contribution is 0.0258. The van der Waals surface area contributed by atoms with Crippen LogP contribution in [0.25, 0.3) is 0 Å². The Morgan fingerprint density at radius 2 is 1.95 bits per heavy atom. The minimum Gasteiger partial charge on any atom is -0.444 e. The summed E-state index contributed by atoms with van der Waals surface area (Å²) in [5, 5.41) is 3.43. The second-order valence-electron chi connectivity index (χ2n) is 5.93. The van der Waals surface area contributed by atoms with Crippen LogP contribution < -0.4 is 5.32 Å². The van der Waals surface area contributed by atoms with Crippen LogP contribution >= 0.6 is 0 Å². The largest absolute Gasteiger partial charge is 0.444 e. The maximum Gasteiger partial charge on any atom is 0.410 e. The third kappa shape index (κ3) is 9.15. The summed E-state index contributed by atoms with van der Waals surface area (Å²) in [6, 6.07) is 0.386. The van der Waals surface area contributed by atoms with Gasteiger partial charge in [0, 0.05) is 26.2 Å². The molecule has 1 unspecified atom stereocenters. The van der Waals surface area contributed by atoms with Gasteiger partial charge >= 0.3 is 6.09 Å². The zero-order chi connectivity index (χ0) is 15.6. The predicted molar refractivity (Wildman–Crippen MR) is 82.1 cm³/mol. The second-order valence-corrected chi connectivity index (χ2v) is 5.93. The Bertz CT molecular complexity index is 264. The Labute approximate surface area is 124 Å². The molecule has 0 heterocycles. The molecule has 0 radical (unpaired) electrons. The summed E-state index contributed by atoms with van der Waals surface area (Å²) in [4.78, 5) is 13.7. The molecule has 0 saturated heterocycles. The van der Waals surface area contributed by atoms with Gasteiger partial charge in [-0.2, -0.15) is 0 Å². The van der Waals surface area contributed by atoms with Crippen LogP contribution in [0.5, 0.6) is 0 Å². The molecule has 0 aliphatic rings. The average molecular weight is 288 g/mol. The molecule has 0 saturated carbocycles. The van der Waals surface area contributed by atoms with E-state index in [0.29, 0.717) is 19.1 Å². The smallest absolute Gasteiger partial charge is 0.410 e. The highest BCUT2D eigenvalue weighted by atomic mass is 16.6. The molecule has 0 rings (SSSR count). The van der Waals surface area contributed by atoms with Crippen LogP contribution in [0.1, 0.15) is 47.5 Å². The van der Waals surface area contributed by atoms with E-state index in [1.54, 1.807) is 12.0 Å². The molecular formula is C15H32N2O3. The van der Waals surface area contributed by atoms with Crippen LogP contribution in [0.3, 0.4) is 0 Å². The lowest BCUT2D eigenvalue weighted by Gasteiger charge is -2.26. The van der Waals surface area contributed by atoms with Gasteiger partial charge in [-0.05, 0) is 47.1 Å². The SMILES string of the molecule is CCC(COC)NCCCN(CC)C(=O)OC(C)(C)C. The lowest BCUT2D eigenvalue weighted by atomic mass is 10.2. The average Bonchev–Trinajstić information content (AvgIpc) is 2.35. The third-order valence-electron chi connectivity index (χ3n) is 2.93. The lowest BCUT2D eigenvalue weighted by Crippen LogP contribution is -2.39. The van der Waals surface area contributed by atoms with Crippen molar-refractivity contribution in [3.63, 3.8) is 0 Å². The summed E-state index contributed by atoms with van der Waals surface area (Å²) in [6.45, 7) is 12.7. The van der Waals surface area contributed by atoms with Gasteiger partial charge in [-0.3, -0.25) is 0 Å². The zero-order valence-corrected chi connectivity index (χ0v) is 14.0. The van der Waals surface area contributed by atoms with Gasteiger partial charge in [-0.15, -0.1) is 0 Å². The summed E-state index contributed by atoms with van der Waals surface area (Å²) in [7, 11) is 1.71. The van der Waals surface area contributed by atoms with Crippen LogP contribution in [-0.4, -0.2) is 56.0 Å². The minimum absolute atomic E-state index is 0.232. The molecule has 0 aromatic carbocycles. The maximum absolute atomic E-state index is 11.9. The van der Waals surface area contributed by atoms with E-state index in [2.05, 4.69) is 12.2 Å². The molecule has 0 fully saturated rings. The molecule has 0 aromatic rings. The van der Waals surface area contributed by atoms with Gasteiger partial charge in [0.25, 0.3) is 0 Å². The van der Waals surface area contributed by atoms with Crippen molar-refractivity contribution in [1.82, 2.24) is 10.2 Å². The summed E-state index contributed by atoms with van der Waals surface area (Å²) < 4.78 is 10.5. The summed E-state index contributed by atoms with van der Waals surface area (Å²) in [6.07, 6.45) is 1.72. The Hall–Kier alpha value is -0.810. The number of ether oxygens (including phenoxy) is 2. The van der Waals surface area contributed by atoms with Crippen molar-refractivity contribution in [2.24, 2.45) is 0 Å². The molecule has 5 nitrogen and oxygen atoms in total. The van der Waals surface area contributed by atoms with E-state index in [9.17, 15) is 4.79 Å². The van der Waals surface area contributed by atoms with Crippen molar-refractivity contribution >= 4 is 6.09 Å². The number of carbonyl (C=O) groups is 1. The van der Waals surface area contributed by atoms with Gasteiger partial charge in [0.15, 0.2) is 0 Å². The van der Waals surface area contributed by atoms with Crippen LogP contribution in [-0.2, 0) is 9.47 Å². The highest BCUT2D eigenvalue weighted by Crippen LogP contribution is 2.10. The maximum atomic E-state index is 11.9. The van der Waals surface area contributed by atoms with Crippen molar-refractivity contribution in [3.05, 3.63) is 0 Å². The van der Waals surface area contributed by atoms with Crippen LogP contribution in [0.4, 0.5) is 4.79 Å². The fraction of sp³-hybridized carbons (Fsp3) is 0.933. The van der Waals surface area contributed by atoms with E-state index >= 15 is 0 Å². The first kappa shape index (κ1) is 19.2. The third-order valence-corrected chi connectivity index (χ3v) is 2.93. The zero-order valence-electron chi connectivity index (χ0n) is 14.0. The van der Waals surface area contributed by atoms with E-state index in [0.717, 1.165) is 26.0 Å². The molecule has 0 bridgehead atoms. The highest BCUT2D eigenvalue weighted by Gasteiger charge is 2.20. The summed E-state index contributed by atoms with van der Waals surface area (Å²) in [5.74, 6) is 0. The van der Waals surface area contributed by atoms with Crippen molar-refractivity contribution < 1.29 is 14.3 Å². The number of carbonyl (C=O) groups excluding carboxylic acids is 1. The van der Waals surface area contributed by atoms with Gasteiger partial charge in [0.2, 0.25) is 0 Å². The Morgan fingerprint density at radius 1 is 1.30 bits per heavy atom. The monoisotopic (exact) mass is 288 g/mol. The first-order valence-electron chi connectivity index (χ1n) is 7.54. The van der Waals surface area contributed by atoms with Crippen LogP contribution in [0.15, 0.2) is 0 Å². The molecular weight excluding hydrogens is 256 g/mol. The van der Waals surface area contributed by atoms with Gasteiger partial charge in [0.1, 0.15) is 5.60 Å². The molecule has 0 aliphatic carbocycles. The molecule has 0 aliphatic heterocycles. The Kier molecular flexibility index (Phi) is 9.59. The van der Waals surface area contributed by atoms with E-state index in [1.165, 1.54) is 0 Å². The molecule has 1 atom stereocenters. The minimum atomic E-state index is -0.436. The predicted octanol–water partition coefficient (Wildman–Crippen LogP) is 2.65. The normalized spacial score (nSPS) is 13.1. The Balaban J connectivity index is 3.98. The second kappa shape index (κ2) is 10.00. The van der Waals surface area contributed by atoms with Gasteiger partial charge in [0.05, 0.1) is 6.61 Å². The number of methoxy groups -OCH3 is 1. The van der Waals surface area contributed by atoms with Crippen molar-refractivity contribution in [2.45, 2.75) is 59.1 Å². The van der Waals surface area contributed by atoms with Gasteiger partial charge in [-0.25, -0.2) is 4.79 Å².